The van der Waals surface area contributed by atoms with Gasteiger partial charge in [0, 0.05) is 12.3 Å². The van der Waals surface area contributed by atoms with Crippen LogP contribution in [0.2, 0.25) is 10.0 Å². The Bertz CT molecular complexity index is 1120. The molecule has 14 heteroatoms. The summed E-state index contributed by atoms with van der Waals surface area (Å²) >= 11 is 11.5. The third kappa shape index (κ3) is 4.48. The number of aromatic amines is 1. The SMILES string of the molecule is O=c1[nH]c(-n2cc(C(F)(F)F)cn2)nc(C(F)(F)F)c1Oc1ccc(Cl)c(Cl)c1. The lowest BCUT2D eigenvalue weighted by Crippen LogP contribution is -2.22. The van der Waals surface area contributed by atoms with Crippen molar-refractivity contribution in [3.05, 3.63) is 62.2 Å². The predicted octanol–water partition coefficient (Wildman–Crippen LogP) is 5.09. The van der Waals surface area contributed by atoms with Crippen molar-refractivity contribution in [2.75, 3.05) is 0 Å². The van der Waals surface area contributed by atoms with Crippen LogP contribution in [-0.4, -0.2) is 19.7 Å². The van der Waals surface area contributed by atoms with Crippen LogP contribution in [0.5, 0.6) is 11.5 Å². The second-order valence-corrected chi connectivity index (χ2v) is 6.23. The van der Waals surface area contributed by atoms with E-state index in [1.807, 2.05) is 4.98 Å². The van der Waals surface area contributed by atoms with E-state index in [9.17, 15) is 31.1 Å². The molecule has 0 amide bonds. The van der Waals surface area contributed by atoms with Gasteiger partial charge < -0.3 is 4.74 Å². The van der Waals surface area contributed by atoms with Gasteiger partial charge in [-0.3, -0.25) is 9.78 Å². The quantitative estimate of drug-likeness (QED) is 0.554. The number of alkyl halides is 6. The van der Waals surface area contributed by atoms with Gasteiger partial charge in [-0.05, 0) is 12.1 Å². The summed E-state index contributed by atoms with van der Waals surface area (Å²) in [5, 5.41) is 3.32. The number of aromatic nitrogens is 4. The lowest BCUT2D eigenvalue weighted by Gasteiger charge is -2.13. The molecule has 2 heterocycles. The largest absolute Gasteiger partial charge is 0.449 e. The van der Waals surface area contributed by atoms with Crippen LogP contribution in [-0.2, 0) is 12.4 Å². The highest BCUT2D eigenvalue weighted by molar-refractivity contribution is 6.42. The van der Waals surface area contributed by atoms with Crippen LogP contribution in [0.4, 0.5) is 26.3 Å². The molecular weight excluding hydrogens is 453 g/mol. The van der Waals surface area contributed by atoms with Crippen LogP contribution in [0.15, 0.2) is 35.4 Å². The zero-order chi connectivity index (χ0) is 21.6. The van der Waals surface area contributed by atoms with Crippen molar-refractivity contribution in [1.29, 1.82) is 0 Å². The normalized spacial score (nSPS) is 12.3. The molecule has 0 atom stereocenters. The second-order valence-electron chi connectivity index (χ2n) is 5.41. The molecule has 29 heavy (non-hydrogen) atoms. The van der Waals surface area contributed by atoms with E-state index in [1.165, 1.54) is 6.07 Å². The summed E-state index contributed by atoms with van der Waals surface area (Å²) in [5.74, 6) is -2.37. The summed E-state index contributed by atoms with van der Waals surface area (Å²) in [6, 6.07) is 3.45. The molecule has 3 aromatic rings. The topological polar surface area (TPSA) is 72.8 Å². The summed E-state index contributed by atoms with van der Waals surface area (Å²) in [4.78, 5) is 17.3. The summed E-state index contributed by atoms with van der Waals surface area (Å²) in [7, 11) is 0. The fourth-order valence-corrected chi connectivity index (χ4v) is 2.38. The molecule has 0 radical (unpaired) electrons. The molecule has 0 bridgehead atoms. The number of rotatable bonds is 3. The highest BCUT2D eigenvalue weighted by Gasteiger charge is 2.39. The van der Waals surface area contributed by atoms with Gasteiger partial charge in [0.15, 0.2) is 5.69 Å². The highest BCUT2D eigenvalue weighted by atomic mass is 35.5. The van der Waals surface area contributed by atoms with Crippen LogP contribution in [0.1, 0.15) is 11.3 Å². The van der Waals surface area contributed by atoms with E-state index in [-0.39, 0.29) is 15.8 Å². The smallest absolute Gasteiger partial charge is 0.437 e. The second kappa shape index (κ2) is 7.26. The van der Waals surface area contributed by atoms with E-state index in [2.05, 4.69) is 10.1 Å². The first-order valence-corrected chi connectivity index (χ1v) is 8.08. The Morgan fingerprint density at radius 3 is 2.28 bits per heavy atom. The molecule has 0 fully saturated rings. The third-order valence-corrected chi connectivity index (χ3v) is 4.11. The molecule has 1 N–H and O–H groups in total. The van der Waals surface area contributed by atoms with Crippen LogP contribution in [0, 0.1) is 0 Å². The molecule has 0 saturated heterocycles. The molecule has 0 unspecified atom stereocenters. The fraction of sp³-hybridized carbons (Fsp3) is 0.133. The van der Waals surface area contributed by atoms with Gasteiger partial charge in [0.1, 0.15) is 5.75 Å². The number of ether oxygens (including phenoxy) is 1. The van der Waals surface area contributed by atoms with Crippen molar-refractivity contribution >= 4 is 23.2 Å². The Morgan fingerprint density at radius 1 is 1.03 bits per heavy atom. The summed E-state index contributed by atoms with van der Waals surface area (Å²) in [5.41, 5.74) is -4.42. The fourth-order valence-electron chi connectivity index (χ4n) is 2.09. The number of hydrogen-bond acceptors (Lipinski definition) is 4. The van der Waals surface area contributed by atoms with E-state index in [1.54, 1.807) is 0 Å². The van der Waals surface area contributed by atoms with Crippen molar-refractivity contribution < 1.29 is 31.1 Å². The van der Waals surface area contributed by atoms with Crippen LogP contribution in [0.3, 0.4) is 0 Å². The van der Waals surface area contributed by atoms with Crippen molar-refractivity contribution in [3.8, 4) is 17.4 Å². The third-order valence-electron chi connectivity index (χ3n) is 3.37. The lowest BCUT2D eigenvalue weighted by molar-refractivity contribution is -0.142. The lowest BCUT2D eigenvalue weighted by atomic mass is 10.3. The van der Waals surface area contributed by atoms with E-state index in [0.29, 0.717) is 17.1 Å². The Hall–Kier alpha value is -2.73. The molecule has 0 aliphatic rings. The van der Waals surface area contributed by atoms with Gasteiger partial charge in [0.05, 0.1) is 21.8 Å². The molecule has 0 spiro atoms. The molecule has 0 aliphatic heterocycles. The summed E-state index contributed by atoms with van der Waals surface area (Å²) in [6.45, 7) is 0. The number of nitrogens with one attached hydrogen (secondary N) is 1. The average Bonchev–Trinajstić information content (AvgIpc) is 3.09. The van der Waals surface area contributed by atoms with Gasteiger partial charge in [-0.2, -0.15) is 31.4 Å². The Morgan fingerprint density at radius 2 is 1.72 bits per heavy atom. The summed E-state index contributed by atoms with van der Waals surface area (Å²) < 4.78 is 83.6. The number of hydrogen-bond donors (Lipinski definition) is 1. The molecule has 1 aromatic carbocycles. The number of halogens is 8. The van der Waals surface area contributed by atoms with Gasteiger partial charge in [0.2, 0.25) is 11.7 Å². The summed E-state index contributed by atoms with van der Waals surface area (Å²) in [6.07, 6.45) is -9.22. The Kier molecular flexibility index (Phi) is 5.26. The van der Waals surface area contributed by atoms with Gasteiger partial charge in [0.25, 0.3) is 5.56 Å². The molecular formula is C15H6Cl2F6N4O2. The van der Waals surface area contributed by atoms with Gasteiger partial charge in [-0.1, -0.05) is 23.2 Å². The standard InChI is InChI=1S/C15H6Cl2F6N4O2/c16-8-2-1-7(3-9(8)17)29-10-11(15(21,22)23)25-13(26-12(10)28)27-5-6(4-24-27)14(18,19)20/h1-5H,(H,25,26,28). The first-order valence-electron chi connectivity index (χ1n) is 7.33. The van der Waals surface area contributed by atoms with Crippen molar-refractivity contribution in [3.63, 3.8) is 0 Å². The van der Waals surface area contributed by atoms with Gasteiger partial charge in [-0.25, -0.2) is 9.67 Å². The monoisotopic (exact) mass is 458 g/mol. The highest BCUT2D eigenvalue weighted by Crippen LogP contribution is 2.36. The number of nitrogens with zero attached hydrogens (tertiary/aromatic N) is 3. The van der Waals surface area contributed by atoms with E-state index in [0.717, 1.165) is 12.1 Å². The Balaban J connectivity index is 2.10. The molecule has 6 nitrogen and oxygen atoms in total. The minimum atomic E-state index is -5.17. The van der Waals surface area contributed by atoms with Crippen molar-refractivity contribution in [2.45, 2.75) is 12.4 Å². The maximum Gasteiger partial charge on any atom is 0.437 e. The first kappa shape index (κ1) is 21.0. The van der Waals surface area contributed by atoms with Crippen LogP contribution in [0.25, 0.3) is 5.95 Å². The molecule has 0 saturated carbocycles. The van der Waals surface area contributed by atoms with E-state index >= 15 is 0 Å². The maximum atomic E-state index is 13.4. The number of benzene rings is 1. The van der Waals surface area contributed by atoms with E-state index < -0.39 is 40.9 Å². The average molecular weight is 459 g/mol. The van der Waals surface area contributed by atoms with E-state index in [4.69, 9.17) is 27.9 Å². The predicted molar refractivity (Wildman–Crippen MR) is 88.5 cm³/mol. The minimum absolute atomic E-state index is 0.0463. The molecule has 2 aromatic heterocycles. The van der Waals surface area contributed by atoms with Crippen LogP contribution >= 0.6 is 23.2 Å². The maximum absolute atomic E-state index is 13.4. The molecule has 154 valence electrons. The van der Waals surface area contributed by atoms with Crippen molar-refractivity contribution in [1.82, 2.24) is 19.7 Å². The van der Waals surface area contributed by atoms with Crippen LogP contribution < -0.4 is 10.3 Å². The number of H-pyrrole nitrogens is 1. The molecule has 3 rings (SSSR count). The molecule has 0 aliphatic carbocycles. The van der Waals surface area contributed by atoms with Gasteiger partial charge in [-0.15, -0.1) is 0 Å². The first-order chi connectivity index (χ1) is 13.4. The minimum Gasteiger partial charge on any atom is -0.449 e. The van der Waals surface area contributed by atoms with Gasteiger partial charge >= 0.3 is 12.4 Å². The Labute approximate surface area is 166 Å². The zero-order valence-corrected chi connectivity index (χ0v) is 15.1. The zero-order valence-electron chi connectivity index (χ0n) is 13.6. The van der Waals surface area contributed by atoms with Crippen molar-refractivity contribution in [2.24, 2.45) is 0 Å².